The van der Waals surface area contributed by atoms with E-state index in [1.54, 1.807) is 12.2 Å². The fourth-order valence-corrected chi connectivity index (χ4v) is 20.0. The molecule has 0 saturated heterocycles. The SMILES string of the molecule is O=C(CCCCCCCCCCCCCCCCCCCCCCCCCCCCCCOc1c(I)cc(I)cc1I)OC/C=C\COC(=O)CCCCCCCCCCCCCCCCCCCCCCCCCCCCCCOc1c(I)cc(I)cc1I. The average molecular weight is 1930 g/mol. The summed E-state index contributed by atoms with van der Waals surface area (Å²) in [6, 6.07) is 8.77. The molecule has 0 saturated carbocycles. The zero-order chi connectivity index (χ0) is 64.7. The molecule has 0 radical (unpaired) electrons. The van der Waals surface area contributed by atoms with E-state index < -0.39 is 0 Å². The van der Waals surface area contributed by atoms with Gasteiger partial charge in [0.05, 0.1) is 27.5 Å². The van der Waals surface area contributed by atoms with E-state index in [1.165, 1.54) is 342 Å². The van der Waals surface area contributed by atoms with Crippen LogP contribution in [-0.2, 0) is 19.1 Å². The van der Waals surface area contributed by atoms with Gasteiger partial charge in [0.25, 0.3) is 0 Å². The Hall–Kier alpha value is 1.10. The molecule has 520 valence electrons. The van der Waals surface area contributed by atoms with Crippen molar-refractivity contribution in [2.75, 3.05) is 26.4 Å². The Morgan fingerprint density at radius 2 is 0.400 bits per heavy atom. The van der Waals surface area contributed by atoms with Gasteiger partial charge in [-0.05, 0) is 198 Å². The summed E-state index contributed by atoms with van der Waals surface area (Å²) in [5.74, 6) is 1.88. The van der Waals surface area contributed by atoms with E-state index in [0.29, 0.717) is 12.8 Å². The average Bonchev–Trinajstić information content (AvgIpc) is 2.26. The van der Waals surface area contributed by atoms with E-state index in [2.05, 4.69) is 160 Å². The number of carbonyl (C=O) groups excluding carboxylic acids is 2. The molecule has 0 spiro atoms. The number of hydrogen-bond donors (Lipinski definition) is 0. The number of esters is 2. The van der Waals surface area contributed by atoms with Crippen LogP contribution in [0.3, 0.4) is 0 Å². The third-order valence-corrected chi connectivity index (χ3v) is 22.3. The highest BCUT2D eigenvalue weighted by Crippen LogP contribution is 2.31. The van der Waals surface area contributed by atoms with E-state index in [1.807, 2.05) is 0 Å². The number of benzene rings is 2. The lowest BCUT2D eigenvalue weighted by Gasteiger charge is -2.11. The van der Waals surface area contributed by atoms with Crippen molar-refractivity contribution in [3.63, 3.8) is 0 Å². The van der Waals surface area contributed by atoms with Crippen LogP contribution in [0, 0.1) is 21.4 Å². The third kappa shape index (κ3) is 57.0. The largest absolute Gasteiger partial charge is 0.491 e. The first-order valence-corrected chi connectivity index (χ1v) is 44.2. The molecule has 6 nitrogen and oxygen atoms in total. The molecular weight excluding hydrogens is 1790 g/mol. The van der Waals surface area contributed by atoms with Crippen LogP contribution in [0.2, 0.25) is 0 Å². The molecule has 0 aromatic heterocycles. The second-order valence-electron chi connectivity index (χ2n) is 26.2. The molecule has 0 N–H and O–H groups in total. The molecule has 0 atom stereocenters. The Labute approximate surface area is 636 Å². The van der Waals surface area contributed by atoms with Crippen molar-refractivity contribution >= 4 is 147 Å². The van der Waals surface area contributed by atoms with E-state index in [0.717, 1.165) is 63.2 Å². The highest BCUT2D eigenvalue weighted by Gasteiger charge is 2.10. The van der Waals surface area contributed by atoms with Gasteiger partial charge < -0.3 is 18.9 Å². The van der Waals surface area contributed by atoms with Crippen LogP contribution in [0.4, 0.5) is 0 Å². The van der Waals surface area contributed by atoms with Crippen molar-refractivity contribution in [2.24, 2.45) is 0 Å². The molecule has 0 heterocycles. The summed E-state index contributed by atoms with van der Waals surface area (Å²) < 4.78 is 30.3. The van der Waals surface area contributed by atoms with Gasteiger partial charge in [-0.3, -0.25) is 9.59 Å². The first-order chi connectivity index (χ1) is 44.2. The zero-order valence-corrected chi connectivity index (χ0v) is 70.0. The summed E-state index contributed by atoms with van der Waals surface area (Å²) in [5, 5.41) is 0. The van der Waals surface area contributed by atoms with Crippen molar-refractivity contribution in [1.82, 2.24) is 0 Å². The normalized spacial score (nSPS) is 11.6. The minimum Gasteiger partial charge on any atom is -0.491 e. The third-order valence-electron chi connectivity index (χ3n) is 17.8. The standard InChI is InChI=1S/C78H130I6O6/c79-69-65-71(81)77(72(82)66-69)89-63-55-51-47-43-39-35-31-27-23-19-15-11-7-3-1-5-9-13-17-21-25-29-33-37-41-45-49-53-59-75(85)87-61-57-58-62-88-76(86)60-54-50-46-42-38-34-30-26-22-18-14-10-6-2-4-8-12-16-20-24-28-32-36-40-44-48-52-56-64-90-78-73(83)67-70(80)68-74(78)84/h57-58,65-68H,1-56,59-64H2/b58-57-. The van der Waals surface area contributed by atoms with Crippen molar-refractivity contribution in [2.45, 2.75) is 372 Å². The van der Waals surface area contributed by atoms with E-state index in [4.69, 9.17) is 18.9 Å². The lowest BCUT2D eigenvalue weighted by molar-refractivity contribution is -0.143. The molecule has 12 heteroatoms. The monoisotopic (exact) mass is 1920 g/mol. The molecule has 0 aliphatic carbocycles. The topological polar surface area (TPSA) is 71.1 Å². The molecule has 0 aliphatic heterocycles. The molecule has 0 bridgehead atoms. The van der Waals surface area contributed by atoms with Crippen LogP contribution in [-0.4, -0.2) is 38.4 Å². The highest BCUT2D eigenvalue weighted by atomic mass is 127. The lowest BCUT2D eigenvalue weighted by Crippen LogP contribution is -2.05. The number of ether oxygens (including phenoxy) is 4. The molecule has 90 heavy (non-hydrogen) atoms. The number of halogens is 6. The van der Waals surface area contributed by atoms with Crippen molar-refractivity contribution in [3.8, 4) is 11.5 Å². The first kappa shape index (κ1) is 87.2. The molecule has 2 rings (SSSR count). The van der Waals surface area contributed by atoms with E-state index >= 15 is 0 Å². The zero-order valence-electron chi connectivity index (χ0n) is 57.0. The quantitative estimate of drug-likeness (QED) is 0.0284. The van der Waals surface area contributed by atoms with Gasteiger partial charge in [-0.15, -0.1) is 0 Å². The van der Waals surface area contributed by atoms with Gasteiger partial charge in [-0.2, -0.15) is 0 Å². The number of hydrogen-bond acceptors (Lipinski definition) is 6. The Morgan fingerprint density at radius 1 is 0.244 bits per heavy atom. The minimum atomic E-state index is -0.128. The summed E-state index contributed by atoms with van der Waals surface area (Å²) in [4.78, 5) is 24.3. The minimum absolute atomic E-state index is 0.128. The Kier molecular flexibility index (Phi) is 65.2. The summed E-state index contributed by atoms with van der Waals surface area (Å²) in [6.45, 7) is 2.18. The second kappa shape index (κ2) is 67.3. The maximum absolute atomic E-state index is 12.1. The molecule has 0 aliphatic rings. The van der Waals surface area contributed by atoms with Gasteiger partial charge in [-0.1, -0.05) is 334 Å². The molecule has 0 fully saturated rings. The van der Waals surface area contributed by atoms with E-state index in [-0.39, 0.29) is 25.2 Å². The molecule has 2 aromatic rings. The second-order valence-corrected chi connectivity index (χ2v) is 33.4. The van der Waals surface area contributed by atoms with Gasteiger partial charge in [0.15, 0.2) is 0 Å². The smallest absolute Gasteiger partial charge is 0.306 e. The number of rotatable bonds is 68. The fourth-order valence-electron chi connectivity index (χ4n) is 12.2. The number of unbranched alkanes of at least 4 members (excludes halogenated alkanes) is 54. The highest BCUT2D eigenvalue weighted by molar-refractivity contribution is 14.1. The predicted octanol–water partition coefficient (Wildman–Crippen LogP) is 29.0. The van der Waals surface area contributed by atoms with Gasteiger partial charge in [0, 0.05) is 20.0 Å². The summed E-state index contributed by atoms with van der Waals surface area (Å²) in [7, 11) is 0. The van der Waals surface area contributed by atoms with Crippen LogP contribution in [0.15, 0.2) is 36.4 Å². The lowest BCUT2D eigenvalue weighted by atomic mass is 10.0. The van der Waals surface area contributed by atoms with Crippen LogP contribution in [0.5, 0.6) is 11.5 Å². The first-order valence-electron chi connectivity index (χ1n) is 37.7. The van der Waals surface area contributed by atoms with E-state index in [9.17, 15) is 9.59 Å². The molecule has 2 aromatic carbocycles. The summed E-state index contributed by atoms with van der Waals surface area (Å²) in [6.07, 6.45) is 80.6. The van der Waals surface area contributed by atoms with Crippen LogP contribution in [0.25, 0.3) is 0 Å². The maximum Gasteiger partial charge on any atom is 0.306 e. The fraction of sp³-hybridized carbons (Fsp3) is 0.795. The van der Waals surface area contributed by atoms with Crippen LogP contribution in [0.1, 0.15) is 372 Å². The van der Waals surface area contributed by atoms with Crippen molar-refractivity contribution < 1.29 is 28.5 Å². The van der Waals surface area contributed by atoms with Crippen LogP contribution >= 0.6 is 136 Å². The molecule has 0 amide bonds. The molecule has 0 unspecified atom stereocenters. The Morgan fingerprint density at radius 3 is 0.578 bits per heavy atom. The maximum atomic E-state index is 12.1. The van der Waals surface area contributed by atoms with Crippen LogP contribution < -0.4 is 9.47 Å². The Bertz CT molecular complexity index is 1800. The van der Waals surface area contributed by atoms with Gasteiger partial charge in [0.2, 0.25) is 0 Å². The summed E-state index contributed by atoms with van der Waals surface area (Å²) >= 11 is 14.3. The van der Waals surface area contributed by atoms with Gasteiger partial charge in [-0.25, -0.2) is 0 Å². The van der Waals surface area contributed by atoms with Crippen molar-refractivity contribution in [1.29, 1.82) is 0 Å². The number of carbonyl (C=O) groups is 2. The summed E-state index contributed by atoms with van der Waals surface area (Å²) in [5.41, 5.74) is 0. The predicted molar refractivity (Wildman–Crippen MR) is 439 cm³/mol. The molecular formula is C78H130I6O6. The van der Waals surface area contributed by atoms with Crippen molar-refractivity contribution in [3.05, 3.63) is 57.8 Å². The van der Waals surface area contributed by atoms with Gasteiger partial charge >= 0.3 is 11.9 Å². The van der Waals surface area contributed by atoms with Gasteiger partial charge in [0.1, 0.15) is 24.7 Å². The Balaban J connectivity index is 1.15.